The Morgan fingerprint density at radius 1 is 0.895 bits per heavy atom. The number of hydrogen-bond donors (Lipinski definition) is 0. The number of benzene rings is 2. The first-order valence-electron chi connectivity index (χ1n) is 6.59. The molecule has 0 radical (unpaired) electrons. The van der Waals surface area contributed by atoms with Crippen molar-refractivity contribution < 1.29 is 4.39 Å². The van der Waals surface area contributed by atoms with Crippen molar-refractivity contribution in [3.8, 4) is 11.1 Å². The Kier molecular flexibility index (Phi) is 3.32. The van der Waals surface area contributed by atoms with Gasteiger partial charge in [0.05, 0.1) is 0 Å². The standard InChI is InChI=1S/C17H16FN/c18-16-6-4-5-15(13-16)14-7-9-17(10-8-14)19-11-2-1-3-12-19/h1-2,4-10,13H,3,11-12H2. The summed E-state index contributed by atoms with van der Waals surface area (Å²) in [5.41, 5.74) is 3.20. The van der Waals surface area contributed by atoms with Crippen LogP contribution in [0.15, 0.2) is 60.7 Å². The maximum absolute atomic E-state index is 13.2. The molecule has 1 nitrogen and oxygen atoms in total. The summed E-state index contributed by atoms with van der Waals surface area (Å²) in [6.45, 7) is 2.04. The SMILES string of the molecule is Fc1cccc(-c2ccc(N3CC=CCC3)cc2)c1. The molecule has 2 aromatic rings. The van der Waals surface area contributed by atoms with Gasteiger partial charge in [-0.2, -0.15) is 0 Å². The third-order valence-corrected chi connectivity index (χ3v) is 3.45. The Morgan fingerprint density at radius 2 is 1.74 bits per heavy atom. The molecule has 0 fully saturated rings. The number of halogens is 1. The average Bonchev–Trinajstić information content (AvgIpc) is 2.48. The van der Waals surface area contributed by atoms with Crippen molar-refractivity contribution in [1.29, 1.82) is 0 Å². The van der Waals surface area contributed by atoms with Crippen LogP contribution in [0.2, 0.25) is 0 Å². The molecule has 0 saturated heterocycles. The molecule has 2 heteroatoms. The molecule has 96 valence electrons. The van der Waals surface area contributed by atoms with Crippen LogP contribution in [0, 0.1) is 5.82 Å². The molecule has 0 spiro atoms. The van der Waals surface area contributed by atoms with Crippen molar-refractivity contribution in [2.75, 3.05) is 18.0 Å². The van der Waals surface area contributed by atoms with Crippen molar-refractivity contribution in [3.63, 3.8) is 0 Å². The molecule has 19 heavy (non-hydrogen) atoms. The largest absolute Gasteiger partial charge is 0.368 e. The van der Waals surface area contributed by atoms with E-state index in [9.17, 15) is 4.39 Å². The zero-order valence-corrected chi connectivity index (χ0v) is 10.7. The first-order valence-corrected chi connectivity index (χ1v) is 6.59. The average molecular weight is 253 g/mol. The minimum absolute atomic E-state index is 0.192. The second-order valence-electron chi connectivity index (χ2n) is 4.76. The van der Waals surface area contributed by atoms with E-state index in [2.05, 4.69) is 41.3 Å². The molecular formula is C17H16FN. The Labute approximate surface area is 113 Å². The molecule has 0 amide bonds. The monoisotopic (exact) mass is 253 g/mol. The maximum Gasteiger partial charge on any atom is 0.123 e. The Hall–Kier alpha value is -2.09. The molecule has 0 aliphatic carbocycles. The summed E-state index contributed by atoms with van der Waals surface area (Å²) in [7, 11) is 0. The van der Waals surface area contributed by atoms with Gasteiger partial charge in [-0.25, -0.2) is 4.39 Å². The Balaban J connectivity index is 1.84. The summed E-state index contributed by atoms with van der Waals surface area (Å²) >= 11 is 0. The van der Waals surface area contributed by atoms with Crippen LogP contribution < -0.4 is 4.90 Å². The van der Waals surface area contributed by atoms with Crippen LogP contribution in [0.4, 0.5) is 10.1 Å². The molecule has 0 saturated carbocycles. The van der Waals surface area contributed by atoms with Crippen LogP contribution >= 0.6 is 0 Å². The normalized spacial score (nSPS) is 14.7. The quantitative estimate of drug-likeness (QED) is 0.723. The molecule has 0 aromatic heterocycles. The molecule has 1 heterocycles. The summed E-state index contributed by atoms with van der Waals surface area (Å²) in [5, 5.41) is 0. The number of hydrogen-bond acceptors (Lipinski definition) is 1. The Morgan fingerprint density at radius 3 is 2.42 bits per heavy atom. The van der Waals surface area contributed by atoms with Crippen LogP contribution in [0.5, 0.6) is 0 Å². The van der Waals surface area contributed by atoms with E-state index < -0.39 is 0 Å². The van der Waals surface area contributed by atoms with Gasteiger partial charge in [-0.1, -0.05) is 36.4 Å². The molecular weight excluding hydrogens is 237 g/mol. The summed E-state index contributed by atoms with van der Waals surface area (Å²) in [4.78, 5) is 2.34. The minimum atomic E-state index is -0.192. The number of nitrogens with zero attached hydrogens (tertiary/aromatic N) is 1. The fraction of sp³-hybridized carbons (Fsp3) is 0.176. The predicted molar refractivity (Wildman–Crippen MR) is 77.8 cm³/mol. The van der Waals surface area contributed by atoms with E-state index in [1.165, 1.54) is 11.8 Å². The predicted octanol–water partition coefficient (Wildman–Crippen LogP) is 4.26. The summed E-state index contributed by atoms with van der Waals surface area (Å²) in [6, 6.07) is 15.1. The maximum atomic E-state index is 13.2. The van der Waals surface area contributed by atoms with E-state index in [0.29, 0.717) is 0 Å². The zero-order chi connectivity index (χ0) is 13.1. The lowest BCUT2D eigenvalue weighted by Gasteiger charge is -2.25. The van der Waals surface area contributed by atoms with Gasteiger partial charge in [0.25, 0.3) is 0 Å². The van der Waals surface area contributed by atoms with E-state index in [1.54, 1.807) is 12.1 Å². The van der Waals surface area contributed by atoms with Gasteiger partial charge in [-0.15, -0.1) is 0 Å². The second kappa shape index (κ2) is 5.27. The lowest BCUT2D eigenvalue weighted by Crippen LogP contribution is -2.26. The van der Waals surface area contributed by atoms with Crippen LogP contribution in [0.3, 0.4) is 0 Å². The van der Waals surface area contributed by atoms with Gasteiger partial charge >= 0.3 is 0 Å². The van der Waals surface area contributed by atoms with Crippen molar-refractivity contribution in [2.45, 2.75) is 6.42 Å². The van der Waals surface area contributed by atoms with Gasteiger partial charge in [0.2, 0.25) is 0 Å². The van der Waals surface area contributed by atoms with Crippen molar-refractivity contribution in [1.82, 2.24) is 0 Å². The topological polar surface area (TPSA) is 3.24 Å². The zero-order valence-electron chi connectivity index (χ0n) is 10.7. The molecule has 0 unspecified atom stereocenters. The van der Waals surface area contributed by atoms with Gasteiger partial charge in [0.1, 0.15) is 5.82 Å². The van der Waals surface area contributed by atoms with E-state index in [-0.39, 0.29) is 5.82 Å². The minimum Gasteiger partial charge on any atom is -0.368 e. The smallest absolute Gasteiger partial charge is 0.123 e. The van der Waals surface area contributed by atoms with Crippen LogP contribution in [0.1, 0.15) is 6.42 Å². The third-order valence-electron chi connectivity index (χ3n) is 3.45. The number of anilines is 1. The van der Waals surface area contributed by atoms with Crippen molar-refractivity contribution in [2.24, 2.45) is 0 Å². The van der Waals surface area contributed by atoms with Crippen LogP contribution in [0.25, 0.3) is 11.1 Å². The highest BCUT2D eigenvalue weighted by Gasteiger charge is 2.07. The number of rotatable bonds is 2. The van der Waals surface area contributed by atoms with Gasteiger partial charge in [0, 0.05) is 18.8 Å². The summed E-state index contributed by atoms with van der Waals surface area (Å²) in [5.74, 6) is -0.192. The van der Waals surface area contributed by atoms with E-state index in [4.69, 9.17) is 0 Å². The first kappa shape index (κ1) is 12.0. The molecule has 3 rings (SSSR count). The fourth-order valence-electron chi connectivity index (χ4n) is 2.41. The molecule has 1 aliphatic heterocycles. The lowest BCUT2D eigenvalue weighted by molar-refractivity contribution is 0.628. The lowest BCUT2D eigenvalue weighted by atomic mass is 10.0. The van der Waals surface area contributed by atoms with E-state index in [1.807, 2.05) is 6.07 Å². The molecule has 0 atom stereocenters. The fourth-order valence-corrected chi connectivity index (χ4v) is 2.41. The highest BCUT2D eigenvalue weighted by Crippen LogP contribution is 2.24. The Bertz CT molecular complexity index is 586. The molecule has 2 aromatic carbocycles. The van der Waals surface area contributed by atoms with Gasteiger partial charge in [0.15, 0.2) is 0 Å². The third kappa shape index (κ3) is 2.68. The highest BCUT2D eigenvalue weighted by atomic mass is 19.1. The first-order chi connectivity index (χ1) is 9.33. The van der Waals surface area contributed by atoms with Gasteiger partial charge in [-0.05, 0) is 41.8 Å². The van der Waals surface area contributed by atoms with Gasteiger partial charge in [-0.3, -0.25) is 0 Å². The van der Waals surface area contributed by atoms with Crippen LogP contribution in [-0.2, 0) is 0 Å². The van der Waals surface area contributed by atoms with Crippen LogP contribution in [-0.4, -0.2) is 13.1 Å². The molecule has 1 aliphatic rings. The van der Waals surface area contributed by atoms with Crippen molar-refractivity contribution >= 4 is 5.69 Å². The molecule has 0 bridgehead atoms. The highest BCUT2D eigenvalue weighted by molar-refractivity contribution is 5.66. The second-order valence-corrected chi connectivity index (χ2v) is 4.76. The van der Waals surface area contributed by atoms with E-state index >= 15 is 0 Å². The summed E-state index contributed by atoms with van der Waals surface area (Å²) < 4.78 is 13.2. The van der Waals surface area contributed by atoms with Gasteiger partial charge < -0.3 is 4.90 Å². The molecule has 0 N–H and O–H groups in total. The van der Waals surface area contributed by atoms with Crippen molar-refractivity contribution in [3.05, 3.63) is 66.5 Å². The summed E-state index contributed by atoms with van der Waals surface area (Å²) in [6.07, 6.45) is 5.52. The van der Waals surface area contributed by atoms with E-state index in [0.717, 1.165) is 30.6 Å².